The van der Waals surface area contributed by atoms with E-state index in [1.54, 1.807) is 0 Å². The Labute approximate surface area is 123 Å². The van der Waals surface area contributed by atoms with Gasteiger partial charge >= 0.3 is 0 Å². The molecule has 2 aliphatic rings. The molecule has 0 aromatic heterocycles. The molecule has 1 N–H and O–H groups in total. The average Bonchev–Trinajstić information content (AvgIpc) is 2.74. The first kappa shape index (κ1) is 14.4. The van der Waals surface area contributed by atoms with E-state index in [-0.39, 0.29) is 23.7 Å². The molecule has 3 rings (SSSR count). The van der Waals surface area contributed by atoms with Crippen LogP contribution in [0.1, 0.15) is 20.8 Å². The molecular weight excluding hydrogens is 276 g/mol. The molecule has 2 heterocycles. The molecule has 1 aromatic rings. The Morgan fingerprint density at radius 3 is 2.45 bits per heavy atom. The molecule has 5 atom stereocenters. The van der Waals surface area contributed by atoms with Crippen LogP contribution in [-0.2, 0) is 14.2 Å². The molecular formula is C15H20O4S. The van der Waals surface area contributed by atoms with Gasteiger partial charge in [0.05, 0.1) is 6.10 Å². The summed E-state index contributed by atoms with van der Waals surface area (Å²) in [5, 5.41) is 10.5. The lowest BCUT2D eigenvalue weighted by Crippen LogP contribution is -2.54. The summed E-state index contributed by atoms with van der Waals surface area (Å²) in [5.41, 5.74) is -0.342. The quantitative estimate of drug-likeness (QED) is 0.908. The molecule has 2 fully saturated rings. The van der Waals surface area contributed by atoms with Crippen molar-refractivity contribution in [2.45, 2.75) is 61.3 Å². The number of aliphatic hydroxyl groups is 1. The maximum Gasteiger partial charge on any atom is 0.164 e. The van der Waals surface area contributed by atoms with Gasteiger partial charge in [0.25, 0.3) is 0 Å². The van der Waals surface area contributed by atoms with Crippen LogP contribution in [0.2, 0.25) is 0 Å². The highest BCUT2D eigenvalue weighted by Crippen LogP contribution is 2.41. The van der Waals surface area contributed by atoms with Crippen molar-refractivity contribution in [3.8, 4) is 0 Å². The Kier molecular flexibility index (Phi) is 3.81. The van der Waals surface area contributed by atoms with Gasteiger partial charge in [-0.3, -0.25) is 0 Å². The van der Waals surface area contributed by atoms with Crippen molar-refractivity contribution < 1.29 is 19.3 Å². The summed E-state index contributed by atoms with van der Waals surface area (Å²) in [4.78, 5) is 1.07. The van der Waals surface area contributed by atoms with Crippen molar-refractivity contribution in [3.05, 3.63) is 30.3 Å². The van der Waals surface area contributed by atoms with Crippen LogP contribution in [0.15, 0.2) is 35.2 Å². The lowest BCUT2D eigenvalue weighted by molar-refractivity contribution is -0.153. The van der Waals surface area contributed by atoms with E-state index in [0.29, 0.717) is 0 Å². The molecule has 5 unspecified atom stereocenters. The zero-order valence-corrected chi connectivity index (χ0v) is 12.7. The molecule has 2 aliphatic heterocycles. The van der Waals surface area contributed by atoms with Crippen molar-refractivity contribution >= 4 is 11.8 Å². The summed E-state index contributed by atoms with van der Waals surface area (Å²) in [6.45, 7) is 5.70. The fourth-order valence-corrected chi connectivity index (χ4v) is 3.81. The first-order chi connectivity index (χ1) is 9.46. The summed E-state index contributed by atoms with van der Waals surface area (Å²) in [6, 6.07) is 9.93. The monoisotopic (exact) mass is 296 g/mol. The number of rotatable bonds is 2. The van der Waals surface area contributed by atoms with Crippen molar-refractivity contribution in [1.29, 1.82) is 0 Å². The Hall–Kier alpha value is -0.590. The van der Waals surface area contributed by atoms with Crippen molar-refractivity contribution in [2.24, 2.45) is 0 Å². The summed E-state index contributed by atoms with van der Waals surface area (Å²) in [5.74, 6) is -0.666. The number of thioether (sulfide) groups is 1. The largest absolute Gasteiger partial charge is 0.387 e. The van der Waals surface area contributed by atoms with E-state index >= 15 is 0 Å². The van der Waals surface area contributed by atoms with Gasteiger partial charge in [-0.05, 0) is 32.9 Å². The summed E-state index contributed by atoms with van der Waals surface area (Å²) in [6.07, 6.45) is -1.36. The second-order valence-electron chi connectivity index (χ2n) is 5.70. The van der Waals surface area contributed by atoms with E-state index in [2.05, 4.69) is 0 Å². The molecule has 0 bridgehead atoms. The number of fused-ring (bicyclic) bond motifs is 1. The van der Waals surface area contributed by atoms with Crippen LogP contribution >= 0.6 is 11.8 Å². The molecule has 1 aromatic carbocycles. The third kappa shape index (κ3) is 2.73. The van der Waals surface area contributed by atoms with E-state index in [1.165, 1.54) is 11.8 Å². The maximum atomic E-state index is 10.5. The molecule has 0 spiro atoms. The minimum Gasteiger partial charge on any atom is -0.387 e. The van der Waals surface area contributed by atoms with E-state index < -0.39 is 11.9 Å². The molecule has 110 valence electrons. The lowest BCUT2D eigenvalue weighted by Gasteiger charge is -2.38. The first-order valence-electron chi connectivity index (χ1n) is 6.87. The van der Waals surface area contributed by atoms with Crippen LogP contribution in [0, 0.1) is 0 Å². The predicted octanol–water partition coefficient (Wildman–Crippen LogP) is 2.40. The van der Waals surface area contributed by atoms with Gasteiger partial charge < -0.3 is 19.3 Å². The predicted molar refractivity (Wildman–Crippen MR) is 76.5 cm³/mol. The number of benzene rings is 1. The molecule has 0 aliphatic carbocycles. The average molecular weight is 296 g/mol. The Morgan fingerprint density at radius 2 is 1.75 bits per heavy atom. The molecule has 5 heteroatoms. The summed E-state index contributed by atoms with van der Waals surface area (Å²) >= 11 is 1.52. The first-order valence-corrected chi connectivity index (χ1v) is 7.75. The summed E-state index contributed by atoms with van der Waals surface area (Å²) < 4.78 is 17.6. The van der Waals surface area contributed by atoms with E-state index in [1.807, 2.05) is 51.1 Å². The van der Waals surface area contributed by atoms with Crippen LogP contribution in [0.5, 0.6) is 0 Å². The maximum absolute atomic E-state index is 10.5. The Bertz CT molecular complexity index is 464. The van der Waals surface area contributed by atoms with Crippen LogP contribution in [0.25, 0.3) is 0 Å². The third-order valence-corrected chi connectivity index (χ3v) is 4.75. The highest BCUT2D eigenvalue weighted by Gasteiger charge is 2.53. The minimum absolute atomic E-state index is 0.105. The number of aliphatic hydroxyl groups excluding tert-OH is 1. The van der Waals surface area contributed by atoms with Crippen molar-refractivity contribution in [3.63, 3.8) is 0 Å². The van der Waals surface area contributed by atoms with E-state index in [4.69, 9.17) is 14.2 Å². The van der Waals surface area contributed by atoms with Gasteiger partial charge in [0.15, 0.2) is 5.79 Å². The number of hydrogen-bond acceptors (Lipinski definition) is 5. The van der Waals surface area contributed by atoms with Gasteiger partial charge in [0.2, 0.25) is 0 Å². The van der Waals surface area contributed by atoms with Crippen molar-refractivity contribution in [1.82, 2.24) is 0 Å². The second-order valence-corrected chi connectivity index (χ2v) is 6.87. The van der Waals surface area contributed by atoms with Crippen LogP contribution in [-0.4, -0.2) is 40.7 Å². The molecule has 4 nitrogen and oxygen atoms in total. The fraction of sp³-hybridized carbons (Fsp3) is 0.600. The SMILES string of the molecule is CC1OC(Sc2ccccc2)C(O)C2OC(C)(C)OC12. The third-order valence-electron chi connectivity index (χ3n) is 3.59. The second kappa shape index (κ2) is 5.31. The van der Waals surface area contributed by atoms with Crippen molar-refractivity contribution in [2.75, 3.05) is 0 Å². The minimum atomic E-state index is -0.705. The number of ether oxygens (including phenoxy) is 3. The Morgan fingerprint density at radius 1 is 1.10 bits per heavy atom. The molecule has 0 saturated carbocycles. The van der Waals surface area contributed by atoms with Crippen LogP contribution in [0.3, 0.4) is 0 Å². The highest BCUT2D eigenvalue weighted by molar-refractivity contribution is 7.99. The van der Waals surface area contributed by atoms with Gasteiger partial charge in [-0.1, -0.05) is 30.0 Å². The van der Waals surface area contributed by atoms with Gasteiger partial charge in [-0.25, -0.2) is 0 Å². The highest BCUT2D eigenvalue weighted by atomic mass is 32.2. The smallest absolute Gasteiger partial charge is 0.164 e. The lowest BCUT2D eigenvalue weighted by atomic mass is 10.0. The van der Waals surface area contributed by atoms with Crippen LogP contribution < -0.4 is 0 Å². The van der Waals surface area contributed by atoms with Gasteiger partial charge in [-0.2, -0.15) is 0 Å². The molecule has 20 heavy (non-hydrogen) atoms. The molecule has 0 radical (unpaired) electrons. The zero-order chi connectivity index (χ0) is 14.3. The topological polar surface area (TPSA) is 47.9 Å². The van der Waals surface area contributed by atoms with Gasteiger partial charge in [-0.15, -0.1) is 0 Å². The van der Waals surface area contributed by atoms with E-state index in [9.17, 15) is 5.11 Å². The number of hydrogen-bond donors (Lipinski definition) is 1. The standard InChI is InChI=1S/C15H20O4S/c1-9-12-13(19-15(2,3)18-12)11(16)14(17-9)20-10-7-5-4-6-8-10/h4-9,11-14,16H,1-3H3. The normalized spacial score (nSPS) is 39.5. The summed E-state index contributed by atoms with van der Waals surface area (Å²) in [7, 11) is 0. The molecule has 2 saturated heterocycles. The fourth-order valence-electron chi connectivity index (χ4n) is 2.70. The van der Waals surface area contributed by atoms with Gasteiger partial charge in [0, 0.05) is 4.90 Å². The van der Waals surface area contributed by atoms with Gasteiger partial charge in [0.1, 0.15) is 23.7 Å². The van der Waals surface area contributed by atoms with Crippen LogP contribution in [0.4, 0.5) is 0 Å². The molecule has 0 amide bonds. The zero-order valence-electron chi connectivity index (χ0n) is 11.9. The van der Waals surface area contributed by atoms with E-state index in [0.717, 1.165) is 4.90 Å². The Balaban J connectivity index is 1.75.